The number of fused-ring (bicyclic) bond motifs is 1. The summed E-state index contributed by atoms with van der Waals surface area (Å²) in [5.74, 6) is -3.83. The maximum absolute atomic E-state index is 13.6. The summed E-state index contributed by atoms with van der Waals surface area (Å²) >= 11 is 0. The third-order valence-corrected chi connectivity index (χ3v) is 6.79. The van der Waals surface area contributed by atoms with Gasteiger partial charge >= 0.3 is 5.97 Å². The van der Waals surface area contributed by atoms with Crippen molar-refractivity contribution in [3.63, 3.8) is 0 Å². The third-order valence-electron chi connectivity index (χ3n) is 6.79. The van der Waals surface area contributed by atoms with Crippen LogP contribution in [0.2, 0.25) is 0 Å². The number of aliphatic carboxylic acids is 1. The summed E-state index contributed by atoms with van der Waals surface area (Å²) in [6.45, 7) is 4.65. The van der Waals surface area contributed by atoms with E-state index in [9.17, 15) is 34.5 Å². The Morgan fingerprint density at radius 3 is 2.05 bits per heavy atom. The minimum Gasteiger partial charge on any atom is -0.508 e. The molecule has 41 heavy (non-hydrogen) atoms. The average molecular weight is 568 g/mol. The van der Waals surface area contributed by atoms with E-state index >= 15 is 0 Å². The number of carbonyl (C=O) groups is 4. The molecule has 0 fully saturated rings. The number of para-hydroxylation sites is 1. The first-order valence-electron chi connectivity index (χ1n) is 13.3. The Hall–Kier alpha value is -4.42. The van der Waals surface area contributed by atoms with Gasteiger partial charge in [0.2, 0.25) is 17.7 Å². The van der Waals surface area contributed by atoms with Crippen molar-refractivity contribution in [3.05, 3.63) is 65.9 Å². The number of carbonyl (C=O) groups excluding carboxylic acids is 3. The van der Waals surface area contributed by atoms with E-state index < -0.39 is 59.9 Å². The van der Waals surface area contributed by atoms with Crippen LogP contribution in [0.15, 0.2) is 54.7 Å². The fourth-order valence-corrected chi connectivity index (χ4v) is 4.33. The highest BCUT2D eigenvalue weighted by molar-refractivity contribution is 5.95. The summed E-state index contributed by atoms with van der Waals surface area (Å²) in [7, 11) is 0. The number of aromatic nitrogens is 1. The molecule has 3 rings (SSSR count). The van der Waals surface area contributed by atoms with E-state index in [4.69, 9.17) is 5.73 Å². The molecule has 0 spiro atoms. The number of nitrogens with one attached hydrogen (secondary N) is 4. The summed E-state index contributed by atoms with van der Waals surface area (Å²) < 4.78 is 0. The fraction of sp³-hybridized carbons (Fsp3) is 0.379. The monoisotopic (exact) mass is 567 g/mol. The number of hydrogen-bond donors (Lipinski definition) is 8. The van der Waals surface area contributed by atoms with Crippen LogP contribution in [0.25, 0.3) is 10.9 Å². The van der Waals surface area contributed by atoms with Gasteiger partial charge in [-0.1, -0.05) is 44.2 Å². The van der Waals surface area contributed by atoms with Crippen LogP contribution in [0.4, 0.5) is 0 Å². The molecule has 9 N–H and O–H groups in total. The molecule has 0 aliphatic carbocycles. The lowest BCUT2D eigenvalue weighted by Gasteiger charge is -2.26. The van der Waals surface area contributed by atoms with Crippen LogP contribution in [-0.4, -0.2) is 74.3 Å². The first-order valence-corrected chi connectivity index (χ1v) is 13.3. The molecule has 220 valence electrons. The van der Waals surface area contributed by atoms with Crippen molar-refractivity contribution in [3.8, 4) is 5.75 Å². The van der Waals surface area contributed by atoms with Crippen molar-refractivity contribution in [1.82, 2.24) is 20.9 Å². The number of aromatic amines is 1. The van der Waals surface area contributed by atoms with E-state index in [2.05, 4.69) is 20.9 Å². The number of hydrogen-bond acceptors (Lipinski definition) is 7. The third kappa shape index (κ3) is 8.29. The smallest absolute Gasteiger partial charge is 0.326 e. The minimum atomic E-state index is -1.31. The van der Waals surface area contributed by atoms with Gasteiger partial charge in [-0.15, -0.1) is 0 Å². The number of benzene rings is 2. The van der Waals surface area contributed by atoms with Crippen LogP contribution in [0, 0.1) is 5.92 Å². The zero-order chi connectivity index (χ0) is 30.3. The SMILES string of the molecule is CC(C)C(NC(=O)C(Cc1c[nH]c2ccccc12)NC(=O)C(Cc1ccc(O)cc1)NC(=O)C(N)C(C)O)C(=O)O. The van der Waals surface area contributed by atoms with E-state index in [0.29, 0.717) is 11.1 Å². The number of carboxylic acids is 1. The summed E-state index contributed by atoms with van der Waals surface area (Å²) in [6.07, 6.45) is 0.539. The lowest BCUT2D eigenvalue weighted by Crippen LogP contribution is -2.59. The van der Waals surface area contributed by atoms with E-state index in [1.807, 2.05) is 24.3 Å². The lowest BCUT2D eigenvalue weighted by atomic mass is 10.00. The van der Waals surface area contributed by atoms with Gasteiger partial charge in [-0.2, -0.15) is 0 Å². The van der Waals surface area contributed by atoms with Gasteiger partial charge in [0, 0.05) is 29.9 Å². The van der Waals surface area contributed by atoms with Crippen molar-refractivity contribution in [2.24, 2.45) is 11.7 Å². The molecule has 0 saturated heterocycles. The molecule has 1 heterocycles. The predicted molar refractivity (Wildman–Crippen MR) is 152 cm³/mol. The summed E-state index contributed by atoms with van der Waals surface area (Å²) in [4.78, 5) is 54.7. The zero-order valence-corrected chi connectivity index (χ0v) is 23.1. The van der Waals surface area contributed by atoms with Crippen molar-refractivity contribution in [1.29, 1.82) is 0 Å². The highest BCUT2D eigenvalue weighted by atomic mass is 16.4. The van der Waals surface area contributed by atoms with E-state index in [-0.39, 0.29) is 18.6 Å². The van der Waals surface area contributed by atoms with Crippen LogP contribution >= 0.6 is 0 Å². The zero-order valence-electron chi connectivity index (χ0n) is 23.1. The maximum Gasteiger partial charge on any atom is 0.326 e. The molecular weight excluding hydrogens is 530 g/mol. The van der Waals surface area contributed by atoms with Crippen LogP contribution in [0.1, 0.15) is 31.9 Å². The molecule has 0 aliphatic rings. The van der Waals surface area contributed by atoms with Crippen LogP contribution in [-0.2, 0) is 32.0 Å². The van der Waals surface area contributed by atoms with E-state index in [0.717, 1.165) is 10.9 Å². The molecule has 0 saturated carbocycles. The molecule has 3 amide bonds. The number of aromatic hydroxyl groups is 1. The molecule has 12 nitrogen and oxygen atoms in total. The fourth-order valence-electron chi connectivity index (χ4n) is 4.33. The molecule has 0 bridgehead atoms. The molecule has 2 aromatic carbocycles. The van der Waals surface area contributed by atoms with Crippen molar-refractivity contribution < 1.29 is 34.5 Å². The predicted octanol–water partition coefficient (Wildman–Crippen LogP) is 0.562. The van der Waals surface area contributed by atoms with Gasteiger partial charge < -0.3 is 42.0 Å². The molecule has 0 radical (unpaired) electrons. The summed E-state index contributed by atoms with van der Waals surface area (Å²) in [5, 5.41) is 37.6. The number of phenols is 1. The van der Waals surface area contributed by atoms with Crippen molar-refractivity contribution in [2.45, 2.75) is 63.9 Å². The lowest BCUT2D eigenvalue weighted by molar-refractivity contribution is -0.143. The Balaban J connectivity index is 1.92. The highest BCUT2D eigenvalue weighted by Gasteiger charge is 2.32. The molecule has 1 aromatic heterocycles. The minimum absolute atomic E-state index is 0.0171. The Bertz CT molecular complexity index is 1370. The summed E-state index contributed by atoms with van der Waals surface area (Å²) in [5.41, 5.74) is 7.91. The Kier molecular flexibility index (Phi) is 10.5. The highest BCUT2D eigenvalue weighted by Crippen LogP contribution is 2.20. The number of aliphatic hydroxyl groups excluding tert-OH is 1. The Labute approximate surface area is 237 Å². The second-order valence-electron chi connectivity index (χ2n) is 10.4. The Morgan fingerprint density at radius 2 is 1.44 bits per heavy atom. The van der Waals surface area contributed by atoms with Crippen LogP contribution in [0.5, 0.6) is 5.75 Å². The van der Waals surface area contributed by atoms with Crippen LogP contribution in [0.3, 0.4) is 0 Å². The number of carboxylic acid groups (broad SMARTS) is 1. The molecule has 12 heteroatoms. The van der Waals surface area contributed by atoms with Crippen molar-refractivity contribution >= 4 is 34.6 Å². The quantitative estimate of drug-likeness (QED) is 0.146. The Morgan fingerprint density at radius 1 is 0.854 bits per heavy atom. The van der Waals surface area contributed by atoms with Gasteiger partial charge in [0.25, 0.3) is 0 Å². The van der Waals surface area contributed by atoms with Crippen LogP contribution < -0.4 is 21.7 Å². The van der Waals surface area contributed by atoms with Gasteiger partial charge in [-0.25, -0.2) is 4.79 Å². The second-order valence-corrected chi connectivity index (χ2v) is 10.4. The van der Waals surface area contributed by atoms with E-state index in [1.54, 1.807) is 32.2 Å². The molecular formula is C29H37N5O7. The molecule has 0 aliphatic heterocycles. The number of phenolic OH excluding ortho intramolecular Hbond substituents is 1. The number of H-pyrrole nitrogens is 1. The first kappa shape index (κ1) is 31.1. The average Bonchev–Trinajstić information content (AvgIpc) is 3.33. The number of rotatable bonds is 13. The van der Waals surface area contributed by atoms with Gasteiger partial charge in [0.05, 0.1) is 6.10 Å². The molecule has 5 unspecified atom stereocenters. The second kappa shape index (κ2) is 13.8. The van der Waals surface area contributed by atoms with Crippen molar-refractivity contribution in [2.75, 3.05) is 0 Å². The molecule has 5 atom stereocenters. The number of aliphatic hydroxyl groups is 1. The topological polar surface area (TPSA) is 207 Å². The van der Waals surface area contributed by atoms with Gasteiger partial charge in [0.1, 0.15) is 29.9 Å². The standard InChI is InChI=1S/C29H37N5O7/c1-15(2)25(29(40)41)34-27(38)23(13-18-14-31-21-7-5-4-6-20(18)21)32-26(37)22(33-28(39)24(30)16(3)35)12-17-8-10-19(36)11-9-17/h4-11,14-16,22-25,31,35-36H,12-13,30H2,1-3H3,(H,32,37)(H,33,39)(H,34,38)(H,40,41). The normalized spacial score (nSPS) is 15.0. The first-order chi connectivity index (χ1) is 19.4. The summed E-state index contributed by atoms with van der Waals surface area (Å²) in [6, 6.07) is 8.50. The number of nitrogens with two attached hydrogens (primary N) is 1. The van der Waals surface area contributed by atoms with Gasteiger partial charge in [0.15, 0.2) is 0 Å². The largest absolute Gasteiger partial charge is 0.508 e. The van der Waals surface area contributed by atoms with Gasteiger partial charge in [-0.05, 0) is 42.2 Å². The van der Waals surface area contributed by atoms with E-state index in [1.165, 1.54) is 19.1 Å². The maximum atomic E-state index is 13.6. The van der Waals surface area contributed by atoms with Gasteiger partial charge in [-0.3, -0.25) is 14.4 Å². The number of amides is 3. The molecule has 3 aromatic rings.